The number of pyridine rings is 1. The van der Waals surface area contributed by atoms with Crippen molar-refractivity contribution in [2.45, 2.75) is 49.6 Å². The molecule has 2 fully saturated rings. The van der Waals surface area contributed by atoms with Crippen molar-refractivity contribution in [3.63, 3.8) is 0 Å². The number of nitrogens with zero attached hydrogens (tertiary/aromatic N) is 2. The van der Waals surface area contributed by atoms with Gasteiger partial charge in [0, 0.05) is 30.2 Å². The quantitative estimate of drug-likeness (QED) is 0.523. The van der Waals surface area contributed by atoms with Crippen molar-refractivity contribution in [1.29, 1.82) is 0 Å². The van der Waals surface area contributed by atoms with E-state index in [2.05, 4.69) is 10.3 Å². The molecule has 3 aromatic rings. The van der Waals surface area contributed by atoms with E-state index in [0.29, 0.717) is 36.2 Å². The molecule has 2 aliphatic rings. The molecule has 0 bridgehead atoms. The number of nitrogens with two attached hydrogens (primary N) is 1. The van der Waals surface area contributed by atoms with Gasteiger partial charge in [0.15, 0.2) is 11.6 Å². The minimum absolute atomic E-state index is 0.0638. The summed E-state index contributed by atoms with van der Waals surface area (Å²) in [6.45, 7) is 0.578. The van der Waals surface area contributed by atoms with Gasteiger partial charge in [-0.25, -0.2) is 8.78 Å². The Hall–Kier alpha value is -3.65. The van der Waals surface area contributed by atoms with Crippen molar-refractivity contribution in [2.75, 3.05) is 11.9 Å². The molecule has 36 heavy (non-hydrogen) atoms. The van der Waals surface area contributed by atoms with E-state index in [1.807, 2.05) is 17.0 Å². The maximum atomic E-state index is 14.0. The molecule has 1 saturated heterocycles. The molecule has 1 aliphatic heterocycles. The molecule has 2 amide bonds. The van der Waals surface area contributed by atoms with Crippen LogP contribution in [0.1, 0.15) is 59.6 Å². The van der Waals surface area contributed by atoms with Crippen molar-refractivity contribution in [3.05, 3.63) is 95.3 Å². The maximum Gasteiger partial charge on any atom is 0.255 e. The van der Waals surface area contributed by atoms with Gasteiger partial charge in [-0.15, -0.1) is 0 Å². The van der Waals surface area contributed by atoms with Gasteiger partial charge in [0.25, 0.3) is 5.91 Å². The van der Waals surface area contributed by atoms with E-state index >= 15 is 0 Å². The summed E-state index contributed by atoms with van der Waals surface area (Å²) in [5, 5.41) is 2.82. The van der Waals surface area contributed by atoms with Crippen LogP contribution in [-0.2, 0) is 10.2 Å². The fourth-order valence-corrected chi connectivity index (χ4v) is 5.36. The fraction of sp³-hybridized carbons (Fsp3) is 0.321. The predicted molar refractivity (Wildman–Crippen MR) is 132 cm³/mol. The number of anilines is 1. The average Bonchev–Trinajstić information content (AvgIpc) is 3.36. The molecule has 8 heteroatoms. The SMILES string of the molecule is NC(c1ccc(C(=O)Nc2ccncc2)cc1)C1CCCN1C(=O)C1(c2ccc(F)c(F)c2)CCC1. The Morgan fingerprint density at radius 1 is 1.00 bits per heavy atom. The lowest BCUT2D eigenvalue weighted by molar-refractivity contribution is -0.142. The van der Waals surface area contributed by atoms with Crippen LogP contribution in [0.25, 0.3) is 0 Å². The number of rotatable bonds is 6. The molecule has 0 radical (unpaired) electrons. The molecule has 1 saturated carbocycles. The molecule has 5 rings (SSSR count). The highest BCUT2D eigenvalue weighted by atomic mass is 19.2. The van der Waals surface area contributed by atoms with Gasteiger partial charge < -0.3 is 16.0 Å². The van der Waals surface area contributed by atoms with E-state index in [4.69, 9.17) is 5.73 Å². The third-order valence-electron chi connectivity index (χ3n) is 7.56. The van der Waals surface area contributed by atoms with Crippen LogP contribution in [0.4, 0.5) is 14.5 Å². The summed E-state index contributed by atoms with van der Waals surface area (Å²) in [5.41, 5.74) is 8.33. The molecule has 3 N–H and O–H groups in total. The molecule has 1 aliphatic carbocycles. The molecular weight excluding hydrogens is 462 g/mol. The Labute approximate surface area is 208 Å². The lowest BCUT2D eigenvalue weighted by atomic mass is 9.63. The Morgan fingerprint density at radius 2 is 1.72 bits per heavy atom. The number of hydrogen-bond donors (Lipinski definition) is 2. The van der Waals surface area contributed by atoms with Crippen LogP contribution in [0.15, 0.2) is 67.0 Å². The number of hydrogen-bond acceptors (Lipinski definition) is 4. The van der Waals surface area contributed by atoms with Crippen molar-refractivity contribution >= 4 is 17.5 Å². The normalized spacial score (nSPS) is 19.4. The molecule has 1 aromatic heterocycles. The molecular formula is C28H28F2N4O2. The van der Waals surface area contributed by atoms with Gasteiger partial charge >= 0.3 is 0 Å². The molecule has 186 valence electrons. The Bertz CT molecular complexity index is 1260. The highest BCUT2D eigenvalue weighted by Gasteiger charge is 2.50. The fourth-order valence-electron chi connectivity index (χ4n) is 5.36. The van der Waals surface area contributed by atoms with Gasteiger partial charge in [-0.2, -0.15) is 0 Å². The number of likely N-dealkylation sites (tertiary alicyclic amines) is 1. The van der Waals surface area contributed by atoms with Crippen LogP contribution >= 0.6 is 0 Å². The largest absolute Gasteiger partial charge is 0.337 e. The van der Waals surface area contributed by atoms with E-state index in [1.165, 1.54) is 6.07 Å². The Morgan fingerprint density at radius 3 is 2.36 bits per heavy atom. The topological polar surface area (TPSA) is 88.3 Å². The summed E-state index contributed by atoms with van der Waals surface area (Å²) < 4.78 is 27.5. The van der Waals surface area contributed by atoms with Crippen molar-refractivity contribution < 1.29 is 18.4 Å². The zero-order chi connectivity index (χ0) is 25.3. The molecule has 2 heterocycles. The molecule has 2 aromatic carbocycles. The number of aromatic nitrogens is 1. The van der Waals surface area contributed by atoms with Crippen molar-refractivity contribution in [2.24, 2.45) is 5.73 Å². The van der Waals surface area contributed by atoms with Crippen LogP contribution in [0, 0.1) is 11.6 Å². The highest BCUT2D eigenvalue weighted by Crippen LogP contribution is 2.47. The van der Waals surface area contributed by atoms with Gasteiger partial charge in [0.05, 0.1) is 17.5 Å². The predicted octanol–water partition coefficient (Wildman–Crippen LogP) is 4.72. The second-order valence-corrected chi connectivity index (χ2v) is 9.61. The summed E-state index contributed by atoms with van der Waals surface area (Å²) >= 11 is 0. The van der Waals surface area contributed by atoms with E-state index in [9.17, 15) is 18.4 Å². The highest BCUT2D eigenvalue weighted by molar-refractivity contribution is 6.04. The van der Waals surface area contributed by atoms with Gasteiger partial charge in [-0.05, 0) is 73.2 Å². The minimum Gasteiger partial charge on any atom is -0.337 e. The van der Waals surface area contributed by atoms with Crippen LogP contribution in [0.2, 0.25) is 0 Å². The van der Waals surface area contributed by atoms with Gasteiger partial charge in [0.2, 0.25) is 5.91 Å². The summed E-state index contributed by atoms with van der Waals surface area (Å²) in [4.78, 5) is 32.1. The van der Waals surface area contributed by atoms with Gasteiger partial charge in [-0.1, -0.05) is 24.6 Å². The first-order valence-corrected chi connectivity index (χ1v) is 12.2. The lowest BCUT2D eigenvalue weighted by Gasteiger charge is -2.45. The number of carbonyl (C=O) groups is 2. The Kier molecular flexibility index (Phi) is 6.53. The molecule has 2 unspecified atom stereocenters. The van der Waals surface area contributed by atoms with Crippen LogP contribution < -0.4 is 11.1 Å². The van der Waals surface area contributed by atoms with Crippen molar-refractivity contribution in [1.82, 2.24) is 9.88 Å². The van der Waals surface area contributed by atoms with Crippen LogP contribution in [-0.4, -0.2) is 34.3 Å². The molecule has 2 atom stereocenters. The average molecular weight is 491 g/mol. The summed E-state index contributed by atoms with van der Waals surface area (Å²) in [7, 11) is 0. The summed E-state index contributed by atoms with van der Waals surface area (Å²) in [5.74, 6) is -2.16. The second-order valence-electron chi connectivity index (χ2n) is 9.61. The number of benzene rings is 2. The van der Waals surface area contributed by atoms with Gasteiger partial charge in [-0.3, -0.25) is 14.6 Å². The van der Waals surface area contributed by atoms with Crippen LogP contribution in [0.5, 0.6) is 0 Å². The number of nitrogens with one attached hydrogen (secondary N) is 1. The van der Waals surface area contributed by atoms with E-state index < -0.39 is 23.1 Å². The van der Waals surface area contributed by atoms with Crippen molar-refractivity contribution in [3.8, 4) is 0 Å². The smallest absolute Gasteiger partial charge is 0.255 e. The molecule has 0 spiro atoms. The second kappa shape index (κ2) is 9.78. The van der Waals surface area contributed by atoms with Gasteiger partial charge in [0.1, 0.15) is 0 Å². The van der Waals surface area contributed by atoms with E-state index in [1.54, 1.807) is 36.7 Å². The third-order valence-corrected chi connectivity index (χ3v) is 7.56. The third kappa shape index (κ3) is 4.37. The van der Waals surface area contributed by atoms with E-state index in [0.717, 1.165) is 37.0 Å². The zero-order valence-corrected chi connectivity index (χ0v) is 19.8. The first kappa shape index (κ1) is 24.1. The summed E-state index contributed by atoms with van der Waals surface area (Å²) in [6, 6.07) is 13.6. The minimum atomic E-state index is -0.936. The number of amides is 2. The van der Waals surface area contributed by atoms with Crippen LogP contribution in [0.3, 0.4) is 0 Å². The Balaban J connectivity index is 1.32. The monoisotopic (exact) mass is 490 g/mol. The first-order chi connectivity index (χ1) is 17.4. The van der Waals surface area contributed by atoms with E-state index in [-0.39, 0.29) is 17.9 Å². The summed E-state index contributed by atoms with van der Waals surface area (Å²) in [6.07, 6.45) is 6.86. The standard InChI is InChI=1S/C28H28F2N4O2/c29-22-9-8-20(17-23(22)30)28(12-2-13-28)27(36)34-16-1-3-24(34)25(31)18-4-6-19(7-5-18)26(35)33-21-10-14-32-15-11-21/h4-11,14-15,17,24-25H,1-3,12-13,16,31H2,(H,32,33,35). The number of carbonyl (C=O) groups excluding carboxylic acids is 2. The number of halogens is 2. The zero-order valence-electron chi connectivity index (χ0n) is 19.8. The first-order valence-electron chi connectivity index (χ1n) is 12.2. The maximum absolute atomic E-state index is 14.0. The molecule has 6 nitrogen and oxygen atoms in total. The lowest BCUT2D eigenvalue weighted by Crippen LogP contribution is -2.54.